The van der Waals surface area contributed by atoms with E-state index >= 15 is 0 Å². The second kappa shape index (κ2) is 7.09. The Morgan fingerprint density at radius 1 is 1.42 bits per heavy atom. The van der Waals surface area contributed by atoms with E-state index in [0.717, 1.165) is 6.20 Å². The summed E-state index contributed by atoms with van der Waals surface area (Å²) in [5, 5.41) is 14.4. The number of piperidine rings is 1. The maximum atomic E-state index is 12.1. The van der Waals surface area contributed by atoms with E-state index in [1.54, 1.807) is 11.8 Å². The van der Waals surface area contributed by atoms with E-state index < -0.39 is 22.2 Å². The van der Waals surface area contributed by atoms with Gasteiger partial charge in [0.25, 0.3) is 0 Å². The van der Waals surface area contributed by atoms with Crippen LogP contribution >= 0.6 is 11.8 Å². The number of likely N-dealkylation sites (tertiary alicyclic amines) is 1. The van der Waals surface area contributed by atoms with Gasteiger partial charge in [-0.15, -0.1) is 0 Å². The molecule has 2 rings (SSSR count). The van der Waals surface area contributed by atoms with Gasteiger partial charge in [0, 0.05) is 19.3 Å². The lowest BCUT2D eigenvalue weighted by Crippen LogP contribution is -2.45. The lowest BCUT2D eigenvalue weighted by atomic mass is 9.89. The van der Waals surface area contributed by atoms with Gasteiger partial charge in [-0.05, 0) is 49.1 Å². The smallest absolute Gasteiger partial charge is 0.353 e. The fourth-order valence-corrected chi connectivity index (χ4v) is 3.68. The highest BCUT2D eigenvalue weighted by molar-refractivity contribution is 7.87. The molecule has 2 heterocycles. The molecular formula is C13H19ClN4O5S. The number of amides is 1. The minimum absolute atomic E-state index is 0.135. The maximum absolute atomic E-state index is 12.1. The number of nitrogens with one attached hydrogen (secondary N) is 1. The molecule has 1 aliphatic heterocycles. The highest BCUT2D eigenvalue weighted by Gasteiger charge is 2.31. The summed E-state index contributed by atoms with van der Waals surface area (Å²) in [6.07, 6.45) is 2.19. The molecule has 11 heteroatoms. The Morgan fingerprint density at radius 2 is 2.00 bits per heavy atom. The average molecular weight is 379 g/mol. The second-order valence-corrected chi connectivity index (χ2v) is 7.34. The first-order chi connectivity index (χ1) is 11.2. The molecule has 1 saturated heterocycles. The summed E-state index contributed by atoms with van der Waals surface area (Å²) in [5.74, 6) is -1.66. The predicted octanol–water partition coefficient (Wildman–Crippen LogP) is 0.0758. The highest BCUT2D eigenvalue weighted by atomic mass is 35.5. The zero-order valence-corrected chi connectivity index (χ0v) is 14.5. The van der Waals surface area contributed by atoms with Gasteiger partial charge in [0.15, 0.2) is 0 Å². The van der Waals surface area contributed by atoms with E-state index in [0.29, 0.717) is 35.5 Å². The summed E-state index contributed by atoms with van der Waals surface area (Å²) in [6.45, 7) is 2.52. The van der Waals surface area contributed by atoms with Crippen molar-refractivity contribution < 1.29 is 23.1 Å². The number of nitrogens with zero attached hydrogens (tertiary/aromatic N) is 2. The van der Waals surface area contributed by atoms with Gasteiger partial charge in [-0.25, -0.2) is 18.7 Å². The molecule has 9 nitrogen and oxygen atoms in total. The van der Waals surface area contributed by atoms with Crippen LogP contribution in [0.5, 0.6) is 0 Å². The number of carboxylic acid groups (broad SMARTS) is 1. The Hall–Kier alpha value is -1.62. The number of aromatic carboxylic acids is 1. The van der Waals surface area contributed by atoms with Gasteiger partial charge in [0.05, 0.1) is 6.04 Å². The number of hydrogen-bond donors (Lipinski definition) is 3. The third-order valence-electron chi connectivity index (χ3n) is 4.14. The summed E-state index contributed by atoms with van der Waals surface area (Å²) >= 11 is 5.46. The number of rotatable bonds is 5. The van der Waals surface area contributed by atoms with Crippen LogP contribution in [0.15, 0.2) is 12.3 Å². The van der Waals surface area contributed by atoms with Crippen LogP contribution in [-0.2, 0) is 15.0 Å². The van der Waals surface area contributed by atoms with E-state index in [2.05, 4.69) is 4.84 Å². The molecule has 0 aliphatic carbocycles. The molecule has 134 valence electrons. The van der Waals surface area contributed by atoms with E-state index in [1.807, 2.05) is 0 Å². The Balaban J connectivity index is 2.20. The quantitative estimate of drug-likeness (QED) is 0.621. The SMILES string of the molecule is C[C@@H](NCl)C(=O)N1CCC(c2ccn(S(N)(=O)=O)c2C(=O)O)CC1. The van der Waals surface area contributed by atoms with Gasteiger partial charge in [-0.1, -0.05) is 0 Å². The minimum atomic E-state index is -4.19. The highest BCUT2D eigenvalue weighted by Crippen LogP contribution is 2.31. The number of carbonyl (C=O) groups is 2. The van der Waals surface area contributed by atoms with E-state index in [-0.39, 0.29) is 17.5 Å². The van der Waals surface area contributed by atoms with Gasteiger partial charge < -0.3 is 10.0 Å². The Labute approximate surface area is 144 Å². The van der Waals surface area contributed by atoms with Crippen molar-refractivity contribution in [2.75, 3.05) is 13.1 Å². The molecule has 1 fully saturated rings. The predicted molar refractivity (Wildman–Crippen MR) is 86.9 cm³/mol. The maximum Gasteiger partial charge on any atom is 0.353 e. The zero-order valence-electron chi connectivity index (χ0n) is 13.0. The van der Waals surface area contributed by atoms with Crippen LogP contribution in [0.1, 0.15) is 41.7 Å². The van der Waals surface area contributed by atoms with Crippen molar-refractivity contribution in [3.63, 3.8) is 0 Å². The van der Waals surface area contributed by atoms with Crippen LogP contribution in [0.4, 0.5) is 0 Å². The van der Waals surface area contributed by atoms with Crippen LogP contribution in [-0.4, -0.2) is 53.4 Å². The zero-order chi connectivity index (χ0) is 18.1. The first kappa shape index (κ1) is 18.7. The molecule has 0 radical (unpaired) electrons. The van der Waals surface area contributed by atoms with Crippen LogP contribution in [0, 0.1) is 0 Å². The van der Waals surface area contributed by atoms with E-state index in [1.165, 1.54) is 6.07 Å². The Kier molecular flexibility index (Phi) is 5.53. The first-order valence-electron chi connectivity index (χ1n) is 7.29. The molecule has 0 bridgehead atoms. The minimum Gasteiger partial charge on any atom is -0.477 e. The van der Waals surface area contributed by atoms with Crippen LogP contribution in [0.2, 0.25) is 0 Å². The first-order valence-corrected chi connectivity index (χ1v) is 9.17. The van der Waals surface area contributed by atoms with Crippen molar-refractivity contribution in [1.29, 1.82) is 0 Å². The van der Waals surface area contributed by atoms with Crippen molar-refractivity contribution in [2.24, 2.45) is 5.14 Å². The van der Waals surface area contributed by atoms with Gasteiger partial charge >= 0.3 is 16.2 Å². The molecule has 4 N–H and O–H groups in total. The number of carboxylic acids is 1. The number of carbonyl (C=O) groups excluding carboxylic acids is 1. The molecule has 0 spiro atoms. The molecular weight excluding hydrogens is 360 g/mol. The van der Waals surface area contributed by atoms with Crippen LogP contribution < -0.4 is 9.97 Å². The molecule has 24 heavy (non-hydrogen) atoms. The summed E-state index contributed by atoms with van der Waals surface area (Å²) in [6, 6.07) is 0.945. The monoisotopic (exact) mass is 378 g/mol. The van der Waals surface area contributed by atoms with Crippen molar-refractivity contribution in [3.05, 3.63) is 23.5 Å². The van der Waals surface area contributed by atoms with Crippen molar-refractivity contribution in [3.8, 4) is 0 Å². The fourth-order valence-electron chi connectivity index (χ4n) is 2.92. The van der Waals surface area contributed by atoms with Crippen molar-refractivity contribution in [1.82, 2.24) is 13.7 Å². The average Bonchev–Trinajstić information content (AvgIpc) is 2.99. The second-order valence-electron chi connectivity index (χ2n) is 5.70. The number of hydrogen-bond acceptors (Lipinski definition) is 5. The summed E-state index contributed by atoms with van der Waals surface area (Å²) < 4.78 is 23.6. The van der Waals surface area contributed by atoms with Crippen LogP contribution in [0.25, 0.3) is 0 Å². The van der Waals surface area contributed by atoms with Gasteiger partial charge in [-0.2, -0.15) is 8.42 Å². The van der Waals surface area contributed by atoms with E-state index in [4.69, 9.17) is 16.9 Å². The third kappa shape index (κ3) is 3.72. The van der Waals surface area contributed by atoms with Gasteiger partial charge in [-0.3, -0.25) is 4.79 Å². The lowest BCUT2D eigenvalue weighted by molar-refractivity contribution is -0.133. The summed E-state index contributed by atoms with van der Waals surface area (Å²) in [7, 11) is -4.19. The molecule has 0 unspecified atom stereocenters. The Morgan fingerprint density at radius 3 is 2.46 bits per heavy atom. The van der Waals surface area contributed by atoms with Gasteiger partial charge in [0.1, 0.15) is 5.69 Å². The summed E-state index contributed by atoms with van der Waals surface area (Å²) in [4.78, 5) is 27.5. The topological polar surface area (TPSA) is 135 Å². The molecule has 1 aliphatic rings. The van der Waals surface area contributed by atoms with Crippen LogP contribution in [0.3, 0.4) is 0 Å². The molecule has 1 amide bonds. The number of aromatic nitrogens is 1. The third-order valence-corrected chi connectivity index (χ3v) is 5.32. The van der Waals surface area contributed by atoms with E-state index in [9.17, 15) is 23.1 Å². The lowest BCUT2D eigenvalue weighted by Gasteiger charge is -2.33. The molecule has 1 aromatic rings. The standard InChI is InChI=1S/C13H19ClN4O5S/c1-8(16-14)12(19)17-5-2-9(3-6-17)10-4-7-18(24(15,22)23)11(10)13(20)21/h4,7-9,16H,2-3,5-6H2,1H3,(H,20,21)(H2,15,22,23)/t8-/m1/s1. The fraction of sp³-hybridized carbons (Fsp3) is 0.538. The molecule has 1 aromatic heterocycles. The summed E-state index contributed by atoms with van der Waals surface area (Å²) in [5.41, 5.74) is 0.0604. The van der Waals surface area contributed by atoms with Crippen molar-refractivity contribution in [2.45, 2.75) is 31.7 Å². The Bertz CT molecular complexity index is 740. The normalized spacial score (nSPS) is 17.7. The van der Waals surface area contributed by atoms with Gasteiger partial charge in [0.2, 0.25) is 5.91 Å². The molecule has 0 aromatic carbocycles. The number of nitrogens with two attached hydrogens (primary N) is 1. The molecule has 1 atom stereocenters. The van der Waals surface area contributed by atoms with Crippen molar-refractivity contribution >= 4 is 33.9 Å². The largest absolute Gasteiger partial charge is 0.477 e. The number of halogens is 1. The molecule has 0 saturated carbocycles.